The van der Waals surface area contributed by atoms with Crippen molar-refractivity contribution in [3.8, 4) is 5.75 Å². The molecule has 0 radical (unpaired) electrons. The van der Waals surface area contributed by atoms with Gasteiger partial charge in [-0.15, -0.1) is 11.3 Å². The van der Waals surface area contributed by atoms with Crippen LogP contribution < -0.4 is 15.5 Å². The predicted octanol–water partition coefficient (Wildman–Crippen LogP) is 3.22. The lowest BCUT2D eigenvalue weighted by Crippen LogP contribution is -2.24. The Morgan fingerprint density at radius 3 is 2.54 bits per heavy atom. The summed E-state index contributed by atoms with van der Waals surface area (Å²) in [4.78, 5) is 24.1. The summed E-state index contributed by atoms with van der Waals surface area (Å²) in [7, 11) is 0. The van der Waals surface area contributed by atoms with E-state index in [-0.39, 0.29) is 5.91 Å². The molecule has 134 valence electrons. The number of ether oxygens (including phenoxy) is 1. The van der Waals surface area contributed by atoms with Crippen LogP contribution in [0.1, 0.15) is 26.5 Å². The first-order valence-electron chi connectivity index (χ1n) is 8.11. The van der Waals surface area contributed by atoms with Crippen molar-refractivity contribution >= 4 is 33.2 Å². The van der Waals surface area contributed by atoms with E-state index in [0.717, 1.165) is 10.1 Å². The van der Waals surface area contributed by atoms with Gasteiger partial charge in [0.25, 0.3) is 11.8 Å². The molecule has 0 fully saturated rings. The van der Waals surface area contributed by atoms with E-state index in [1.807, 2.05) is 30.3 Å². The zero-order valence-corrected chi connectivity index (χ0v) is 14.7. The van der Waals surface area contributed by atoms with E-state index in [9.17, 15) is 9.59 Å². The Morgan fingerprint density at radius 1 is 1.04 bits per heavy atom. The van der Waals surface area contributed by atoms with Crippen LogP contribution in [0.25, 0.3) is 10.1 Å². The molecule has 2 amide bonds. The van der Waals surface area contributed by atoms with Gasteiger partial charge in [-0.05, 0) is 48.2 Å². The number of benzene rings is 2. The fraction of sp³-hybridized carbons (Fsp3) is 0.158. The van der Waals surface area contributed by atoms with Crippen molar-refractivity contribution in [2.75, 3.05) is 13.2 Å². The average Bonchev–Trinajstić information content (AvgIpc) is 3.12. The van der Waals surface area contributed by atoms with E-state index >= 15 is 0 Å². The van der Waals surface area contributed by atoms with Crippen molar-refractivity contribution in [3.05, 3.63) is 65.0 Å². The minimum absolute atomic E-state index is 0.0782. The molecule has 3 N–H and O–H groups in total. The molecule has 0 bridgehead atoms. The molecule has 1 aromatic heterocycles. The van der Waals surface area contributed by atoms with Gasteiger partial charge in [-0.2, -0.15) is 0 Å². The van der Waals surface area contributed by atoms with Crippen LogP contribution in [0.2, 0.25) is 0 Å². The average molecular weight is 370 g/mol. The van der Waals surface area contributed by atoms with E-state index < -0.39 is 5.91 Å². The highest BCUT2D eigenvalue weighted by Crippen LogP contribution is 2.25. The lowest BCUT2D eigenvalue weighted by Gasteiger charge is -2.07. The number of hydroxylamine groups is 1. The minimum Gasteiger partial charge on any atom is -0.494 e. The number of carbonyl (C=O) groups excluding carboxylic acids is 2. The first kappa shape index (κ1) is 17.9. The van der Waals surface area contributed by atoms with Crippen LogP contribution >= 0.6 is 11.3 Å². The molecule has 0 aliphatic heterocycles. The molecule has 6 nitrogen and oxygen atoms in total. The van der Waals surface area contributed by atoms with Gasteiger partial charge in [0.2, 0.25) is 0 Å². The number of fused-ring (bicyclic) bond motifs is 1. The zero-order chi connectivity index (χ0) is 18.4. The third-order valence-electron chi connectivity index (χ3n) is 3.74. The van der Waals surface area contributed by atoms with Gasteiger partial charge in [-0.25, -0.2) is 5.48 Å². The molecule has 0 saturated heterocycles. The Hall–Kier alpha value is -2.90. The normalized spacial score (nSPS) is 10.5. The summed E-state index contributed by atoms with van der Waals surface area (Å²) in [6, 6.07) is 16.2. The lowest BCUT2D eigenvalue weighted by molar-refractivity contribution is 0.0706. The second kappa shape index (κ2) is 8.46. The monoisotopic (exact) mass is 370 g/mol. The Morgan fingerprint density at radius 2 is 1.81 bits per heavy atom. The molecule has 0 aliphatic rings. The maximum Gasteiger partial charge on any atom is 0.274 e. The highest BCUT2D eigenvalue weighted by atomic mass is 32.1. The third-order valence-corrected chi connectivity index (χ3v) is 4.86. The molecule has 3 aromatic rings. The fourth-order valence-electron chi connectivity index (χ4n) is 2.41. The van der Waals surface area contributed by atoms with Gasteiger partial charge in [0.15, 0.2) is 0 Å². The number of hydrogen-bond donors (Lipinski definition) is 3. The van der Waals surface area contributed by atoms with Crippen LogP contribution in [-0.4, -0.2) is 30.2 Å². The van der Waals surface area contributed by atoms with Crippen molar-refractivity contribution in [2.45, 2.75) is 6.42 Å². The first-order chi connectivity index (χ1) is 12.7. The number of hydrogen-bond acceptors (Lipinski definition) is 5. The smallest absolute Gasteiger partial charge is 0.274 e. The number of nitrogens with one attached hydrogen (secondary N) is 2. The molecule has 7 heteroatoms. The number of carbonyl (C=O) groups is 2. The second-order valence-electron chi connectivity index (χ2n) is 5.57. The molecule has 0 atom stereocenters. The third kappa shape index (κ3) is 4.38. The zero-order valence-electron chi connectivity index (χ0n) is 13.9. The van der Waals surface area contributed by atoms with Gasteiger partial charge in [-0.1, -0.05) is 18.2 Å². The van der Waals surface area contributed by atoms with Gasteiger partial charge in [-0.3, -0.25) is 14.8 Å². The van der Waals surface area contributed by atoms with Crippen molar-refractivity contribution in [2.24, 2.45) is 0 Å². The van der Waals surface area contributed by atoms with E-state index in [1.54, 1.807) is 29.7 Å². The summed E-state index contributed by atoms with van der Waals surface area (Å²) < 4.78 is 6.66. The summed E-state index contributed by atoms with van der Waals surface area (Å²) >= 11 is 1.48. The van der Waals surface area contributed by atoms with Crippen molar-refractivity contribution in [3.63, 3.8) is 0 Å². The largest absolute Gasteiger partial charge is 0.494 e. The maximum atomic E-state index is 12.2. The minimum atomic E-state index is -0.569. The van der Waals surface area contributed by atoms with Gasteiger partial charge >= 0.3 is 0 Å². The van der Waals surface area contributed by atoms with Crippen molar-refractivity contribution < 1.29 is 19.5 Å². The van der Waals surface area contributed by atoms with Gasteiger partial charge in [0.05, 0.1) is 11.5 Å². The quantitative estimate of drug-likeness (QED) is 0.339. The molecule has 26 heavy (non-hydrogen) atoms. The van der Waals surface area contributed by atoms with E-state index in [4.69, 9.17) is 9.94 Å². The number of thiophene rings is 1. The van der Waals surface area contributed by atoms with E-state index in [0.29, 0.717) is 35.8 Å². The Kier molecular flexibility index (Phi) is 5.83. The summed E-state index contributed by atoms with van der Waals surface area (Å²) in [5.74, 6) is -0.0265. The van der Waals surface area contributed by atoms with Crippen LogP contribution in [-0.2, 0) is 0 Å². The first-order valence-corrected chi connectivity index (χ1v) is 8.93. The molecule has 3 rings (SSSR count). The summed E-state index contributed by atoms with van der Waals surface area (Å²) in [5.41, 5.74) is 1.92. The van der Waals surface area contributed by atoms with Crippen LogP contribution in [0.4, 0.5) is 0 Å². The molecular formula is C19H18N2O4S. The Bertz CT molecular complexity index is 872. The molecule has 0 unspecified atom stereocenters. The highest BCUT2D eigenvalue weighted by molar-refractivity contribution is 7.20. The second-order valence-corrected chi connectivity index (χ2v) is 6.66. The van der Waals surface area contributed by atoms with Crippen LogP contribution in [0.15, 0.2) is 54.6 Å². The molecule has 2 aromatic carbocycles. The molecule has 1 heterocycles. The van der Waals surface area contributed by atoms with Crippen LogP contribution in [0.3, 0.4) is 0 Å². The maximum absolute atomic E-state index is 12.2. The van der Waals surface area contributed by atoms with Gasteiger partial charge in [0, 0.05) is 16.8 Å². The van der Waals surface area contributed by atoms with E-state index in [1.165, 1.54) is 11.3 Å². The summed E-state index contributed by atoms with van der Waals surface area (Å²) in [5, 5.41) is 12.5. The Balaban J connectivity index is 1.41. The van der Waals surface area contributed by atoms with Crippen molar-refractivity contribution in [1.29, 1.82) is 0 Å². The standard InChI is InChI=1S/C19H18N2O4S/c22-18(21-24)13-6-8-15(9-7-13)25-11-3-10-20-19(23)17-12-14-4-1-2-5-16(14)26-17/h1-2,4-9,12,24H,3,10-11H2,(H,20,23)(H,21,22). The topological polar surface area (TPSA) is 87.7 Å². The van der Waals surface area contributed by atoms with Gasteiger partial charge < -0.3 is 10.1 Å². The summed E-state index contributed by atoms with van der Waals surface area (Å²) in [6.45, 7) is 0.955. The van der Waals surface area contributed by atoms with E-state index in [2.05, 4.69) is 5.32 Å². The fourth-order valence-corrected chi connectivity index (χ4v) is 3.39. The highest BCUT2D eigenvalue weighted by Gasteiger charge is 2.09. The number of rotatable bonds is 7. The predicted molar refractivity (Wildman–Crippen MR) is 100.0 cm³/mol. The molecule has 0 saturated carbocycles. The molecule has 0 spiro atoms. The summed E-state index contributed by atoms with van der Waals surface area (Å²) in [6.07, 6.45) is 0.662. The lowest BCUT2D eigenvalue weighted by atomic mass is 10.2. The SMILES string of the molecule is O=C(NO)c1ccc(OCCCNC(=O)c2cc3ccccc3s2)cc1. The molecular weight excluding hydrogens is 352 g/mol. The van der Waals surface area contributed by atoms with Crippen LogP contribution in [0, 0.1) is 0 Å². The van der Waals surface area contributed by atoms with Crippen LogP contribution in [0.5, 0.6) is 5.75 Å². The number of amides is 2. The Labute approximate surface area is 154 Å². The molecule has 0 aliphatic carbocycles. The van der Waals surface area contributed by atoms with Gasteiger partial charge in [0.1, 0.15) is 5.75 Å². The van der Waals surface area contributed by atoms with Crippen molar-refractivity contribution in [1.82, 2.24) is 10.8 Å².